The van der Waals surface area contributed by atoms with E-state index in [0.29, 0.717) is 0 Å². The van der Waals surface area contributed by atoms with Gasteiger partial charge in [-0.2, -0.15) is 0 Å². The number of hydrogen-bond acceptors (Lipinski definition) is 0. The smallest absolute Gasteiger partial charge is 0.0200 e. The van der Waals surface area contributed by atoms with Crippen molar-refractivity contribution in [3.05, 3.63) is 12.2 Å². The van der Waals surface area contributed by atoms with Crippen molar-refractivity contribution in [2.45, 2.75) is 59.8 Å². The number of hydrogen-bond donors (Lipinski definition) is 0. The van der Waals surface area contributed by atoms with E-state index >= 15 is 0 Å². The minimum atomic E-state index is 0.855. The molecule has 0 amide bonds. The van der Waals surface area contributed by atoms with Crippen molar-refractivity contribution >= 4 is 0 Å². The fourth-order valence-electron chi connectivity index (χ4n) is 2.93. The quantitative estimate of drug-likeness (QED) is 0.567. The van der Waals surface area contributed by atoms with Gasteiger partial charge in [0.1, 0.15) is 0 Å². The molecule has 0 saturated heterocycles. The summed E-state index contributed by atoms with van der Waals surface area (Å²) in [5.74, 6) is 3.60. The Kier molecular flexibility index (Phi) is 5.42. The van der Waals surface area contributed by atoms with Gasteiger partial charge in [0.15, 0.2) is 0 Å². The normalized spacial score (nSPS) is 32.7. The second-order valence-electron chi connectivity index (χ2n) is 5.71. The fourth-order valence-corrected chi connectivity index (χ4v) is 2.93. The van der Waals surface area contributed by atoms with Crippen molar-refractivity contribution in [3.63, 3.8) is 0 Å². The van der Waals surface area contributed by atoms with Gasteiger partial charge in [-0.15, -0.1) is 0 Å². The van der Waals surface area contributed by atoms with Crippen LogP contribution in [0.3, 0.4) is 0 Å². The van der Waals surface area contributed by atoms with Crippen LogP contribution in [0.15, 0.2) is 12.2 Å². The Hall–Kier alpha value is -0.260. The molecule has 3 atom stereocenters. The Morgan fingerprint density at radius 2 is 2.00 bits per heavy atom. The summed E-state index contributed by atoms with van der Waals surface area (Å²) in [6, 6.07) is 0. The zero-order valence-corrected chi connectivity index (χ0v) is 11.0. The SMILES string of the molecule is CCC/C=C/C1CC(C)CCC1C(C)C. The third-order valence-electron chi connectivity index (χ3n) is 3.91. The lowest BCUT2D eigenvalue weighted by Crippen LogP contribution is -2.26. The molecule has 1 saturated carbocycles. The van der Waals surface area contributed by atoms with E-state index in [1.165, 1.54) is 32.1 Å². The van der Waals surface area contributed by atoms with Crippen LogP contribution in [0.5, 0.6) is 0 Å². The molecule has 1 aliphatic rings. The molecule has 0 aromatic carbocycles. The molecule has 0 aliphatic heterocycles. The van der Waals surface area contributed by atoms with E-state index in [1.807, 2.05) is 0 Å². The first-order valence-electron chi connectivity index (χ1n) is 6.81. The standard InChI is InChI=1S/C15H28/c1-5-6-7-8-14-11-13(4)9-10-15(14)12(2)3/h7-8,12-15H,5-6,9-11H2,1-4H3/b8-7+. The third-order valence-corrected chi connectivity index (χ3v) is 3.91. The van der Waals surface area contributed by atoms with Crippen molar-refractivity contribution in [2.24, 2.45) is 23.7 Å². The highest BCUT2D eigenvalue weighted by molar-refractivity contribution is 4.95. The van der Waals surface area contributed by atoms with Crippen LogP contribution in [-0.4, -0.2) is 0 Å². The van der Waals surface area contributed by atoms with Crippen molar-refractivity contribution < 1.29 is 0 Å². The molecule has 3 unspecified atom stereocenters. The average Bonchev–Trinajstić information content (AvgIpc) is 2.18. The van der Waals surface area contributed by atoms with E-state index in [1.54, 1.807) is 0 Å². The second kappa shape index (κ2) is 6.35. The first kappa shape index (κ1) is 12.8. The lowest BCUT2D eigenvalue weighted by atomic mass is 9.70. The Labute approximate surface area is 96.2 Å². The van der Waals surface area contributed by atoms with Gasteiger partial charge in [-0.25, -0.2) is 0 Å². The van der Waals surface area contributed by atoms with Crippen molar-refractivity contribution in [3.8, 4) is 0 Å². The average molecular weight is 208 g/mol. The fraction of sp³-hybridized carbons (Fsp3) is 0.867. The predicted octanol–water partition coefficient (Wildman–Crippen LogP) is 5.05. The van der Waals surface area contributed by atoms with Gasteiger partial charge in [0.2, 0.25) is 0 Å². The highest BCUT2D eigenvalue weighted by Gasteiger charge is 2.28. The molecule has 0 bridgehead atoms. The summed E-state index contributed by atoms with van der Waals surface area (Å²) >= 11 is 0. The molecular weight excluding hydrogens is 180 g/mol. The molecule has 0 aromatic heterocycles. The zero-order valence-electron chi connectivity index (χ0n) is 11.0. The maximum atomic E-state index is 2.52. The summed E-state index contributed by atoms with van der Waals surface area (Å²) in [5.41, 5.74) is 0. The lowest BCUT2D eigenvalue weighted by molar-refractivity contribution is 0.178. The van der Waals surface area contributed by atoms with Crippen LogP contribution < -0.4 is 0 Å². The molecule has 0 N–H and O–H groups in total. The zero-order chi connectivity index (χ0) is 11.3. The van der Waals surface area contributed by atoms with Crippen molar-refractivity contribution in [1.82, 2.24) is 0 Å². The van der Waals surface area contributed by atoms with Crippen molar-refractivity contribution in [1.29, 1.82) is 0 Å². The van der Waals surface area contributed by atoms with Crippen LogP contribution >= 0.6 is 0 Å². The highest BCUT2D eigenvalue weighted by atomic mass is 14.3. The van der Waals surface area contributed by atoms with E-state index < -0.39 is 0 Å². The van der Waals surface area contributed by atoms with Gasteiger partial charge in [0.05, 0.1) is 0 Å². The number of unbranched alkanes of at least 4 members (excludes halogenated alkanes) is 1. The minimum absolute atomic E-state index is 0.855. The summed E-state index contributed by atoms with van der Waals surface area (Å²) in [7, 11) is 0. The molecule has 0 heterocycles. The molecule has 1 aliphatic carbocycles. The van der Waals surface area contributed by atoms with Gasteiger partial charge in [0, 0.05) is 0 Å². The molecule has 15 heavy (non-hydrogen) atoms. The van der Waals surface area contributed by atoms with E-state index in [2.05, 4.69) is 39.8 Å². The maximum Gasteiger partial charge on any atom is -0.0200 e. The van der Waals surface area contributed by atoms with Gasteiger partial charge in [0.25, 0.3) is 0 Å². The largest absolute Gasteiger partial charge is 0.0883 e. The third kappa shape index (κ3) is 4.01. The van der Waals surface area contributed by atoms with Gasteiger partial charge in [-0.3, -0.25) is 0 Å². The van der Waals surface area contributed by atoms with E-state index in [0.717, 1.165) is 23.7 Å². The molecule has 88 valence electrons. The van der Waals surface area contributed by atoms with Gasteiger partial charge < -0.3 is 0 Å². The molecule has 1 rings (SSSR count). The molecule has 0 aromatic rings. The highest BCUT2D eigenvalue weighted by Crippen LogP contribution is 2.38. The number of allylic oxidation sites excluding steroid dienone is 2. The molecule has 0 nitrogen and oxygen atoms in total. The van der Waals surface area contributed by atoms with Gasteiger partial charge in [-0.1, -0.05) is 52.7 Å². The lowest BCUT2D eigenvalue weighted by Gasteiger charge is -2.35. The molecule has 0 radical (unpaired) electrons. The molecule has 1 fully saturated rings. The Morgan fingerprint density at radius 3 is 2.60 bits per heavy atom. The van der Waals surface area contributed by atoms with Crippen LogP contribution in [-0.2, 0) is 0 Å². The first-order chi connectivity index (χ1) is 7.15. The number of rotatable bonds is 4. The molecule has 0 spiro atoms. The summed E-state index contributed by atoms with van der Waals surface area (Å²) in [6.45, 7) is 9.45. The van der Waals surface area contributed by atoms with Crippen LogP contribution in [0.1, 0.15) is 59.8 Å². The Bertz CT molecular complexity index is 190. The Morgan fingerprint density at radius 1 is 1.27 bits per heavy atom. The summed E-state index contributed by atoms with van der Waals surface area (Å²) in [5, 5.41) is 0. The van der Waals surface area contributed by atoms with Crippen molar-refractivity contribution in [2.75, 3.05) is 0 Å². The van der Waals surface area contributed by atoms with E-state index in [4.69, 9.17) is 0 Å². The van der Waals surface area contributed by atoms with E-state index in [-0.39, 0.29) is 0 Å². The summed E-state index contributed by atoms with van der Waals surface area (Å²) < 4.78 is 0. The van der Waals surface area contributed by atoms with E-state index in [9.17, 15) is 0 Å². The second-order valence-corrected chi connectivity index (χ2v) is 5.71. The summed E-state index contributed by atoms with van der Waals surface area (Å²) in [4.78, 5) is 0. The first-order valence-corrected chi connectivity index (χ1v) is 6.81. The van der Waals surface area contributed by atoms with Crippen LogP contribution in [0.2, 0.25) is 0 Å². The minimum Gasteiger partial charge on any atom is -0.0883 e. The predicted molar refractivity (Wildman–Crippen MR) is 68.9 cm³/mol. The molecular formula is C15H28. The Balaban J connectivity index is 2.54. The van der Waals surface area contributed by atoms with Gasteiger partial charge >= 0.3 is 0 Å². The van der Waals surface area contributed by atoms with Crippen LogP contribution in [0.25, 0.3) is 0 Å². The monoisotopic (exact) mass is 208 g/mol. The maximum absolute atomic E-state index is 2.52. The van der Waals surface area contributed by atoms with Crippen LogP contribution in [0, 0.1) is 23.7 Å². The summed E-state index contributed by atoms with van der Waals surface area (Å²) in [6.07, 6.45) is 11.8. The molecule has 0 heteroatoms. The topological polar surface area (TPSA) is 0 Å². The van der Waals surface area contributed by atoms with Crippen LogP contribution in [0.4, 0.5) is 0 Å². The van der Waals surface area contributed by atoms with Gasteiger partial charge in [-0.05, 0) is 42.9 Å².